The molecular weight excluding hydrogens is 178 g/mol. The van der Waals surface area contributed by atoms with E-state index >= 15 is 0 Å². The first-order valence-electron chi connectivity index (χ1n) is 4.57. The van der Waals surface area contributed by atoms with Crippen molar-refractivity contribution >= 4 is 5.97 Å². The molecule has 3 nitrogen and oxygen atoms in total. The number of carboxylic acid groups (broad SMARTS) is 1. The molecular formula is C11H15NO2. The quantitative estimate of drug-likeness (QED) is 0.767. The lowest BCUT2D eigenvalue weighted by Gasteiger charge is -2.09. The van der Waals surface area contributed by atoms with E-state index in [2.05, 4.69) is 0 Å². The Bertz CT molecular complexity index is 345. The van der Waals surface area contributed by atoms with Gasteiger partial charge in [0.05, 0.1) is 6.42 Å². The SMILES string of the molecule is Cc1cc([C@@H](C)N)ccc1CC(=O)O. The second kappa shape index (κ2) is 4.24. The van der Waals surface area contributed by atoms with Gasteiger partial charge in [-0.2, -0.15) is 0 Å². The maximum absolute atomic E-state index is 10.5. The van der Waals surface area contributed by atoms with E-state index in [1.165, 1.54) is 0 Å². The number of hydrogen-bond donors (Lipinski definition) is 2. The molecule has 0 radical (unpaired) electrons. The van der Waals surface area contributed by atoms with Crippen molar-refractivity contribution in [3.05, 3.63) is 34.9 Å². The minimum atomic E-state index is -0.804. The lowest BCUT2D eigenvalue weighted by atomic mass is 10.00. The van der Waals surface area contributed by atoms with Gasteiger partial charge < -0.3 is 10.8 Å². The average molecular weight is 193 g/mol. The minimum absolute atomic E-state index is 0.00687. The van der Waals surface area contributed by atoms with E-state index in [0.29, 0.717) is 0 Å². The van der Waals surface area contributed by atoms with E-state index in [1.54, 1.807) is 0 Å². The van der Waals surface area contributed by atoms with Crippen molar-refractivity contribution in [1.82, 2.24) is 0 Å². The van der Waals surface area contributed by atoms with Gasteiger partial charge in [0, 0.05) is 6.04 Å². The minimum Gasteiger partial charge on any atom is -0.481 e. The highest BCUT2D eigenvalue weighted by molar-refractivity contribution is 5.70. The first-order valence-corrected chi connectivity index (χ1v) is 4.57. The van der Waals surface area contributed by atoms with Crippen molar-refractivity contribution in [3.8, 4) is 0 Å². The topological polar surface area (TPSA) is 63.3 Å². The van der Waals surface area contributed by atoms with Crippen molar-refractivity contribution in [2.45, 2.75) is 26.3 Å². The molecule has 3 N–H and O–H groups in total. The standard InChI is InChI=1S/C11H15NO2/c1-7-5-10(8(2)12)4-3-9(7)6-11(13)14/h3-5,8H,6,12H2,1-2H3,(H,13,14)/t8-/m1/s1. The highest BCUT2D eigenvalue weighted by Gasteiger charge is 2.06. The molecule has 1 atom stereocenters. The van der Waals surface area contributed by atoms with E-state index in [1.807, 2.05) is 32.0 Å². The predicted molar refractivity (Wildman–Crippen MR) is 55.1 cm³/mol. The Kier molecular flexibility index (Phi) is 3.25. The maximum atomic E-state index is 10.5. The Labute approximate surface area is 83.6 Å². The van der Waals surface area contributed by atoms with Crippen molar-refractivity contribution in [2.75, 3.05) is 0 Å². The van der Waals surface area contributed by atoms with E-state index in [-0.39, 0.29) is 12.5 Å². The van der Waals surface area contributed by atoms with Gasteiger partial charge in [0.1, 0.15) is 0 Å². The molecule has 0 aliphatic rings. The summed E-state index contributed by atoms with van der Waals surface area (Å²) in [6, 6.07) is 5.66. The number of benzene rings is 1. The number of nitrogens with two attached hydrogens (primary N) is 1. The third-order valence-corrected chi connectivity index (χ3v) is 2.23. The number of aliphatic carboxylic acids is 1. The predicted octanol–water partition coefficient (Wildman–Crippen LogP) is 1.64. The molecule has 0 aliphatic heterocycles. The summed E-state index contributed by atoms with van der Waals surface area (Å²) in [5.41, 5.74) is 8.59. The van der Waals surface area contributed by atoms with Gasteiger partial charge in [0.25, 0.3) is 0 Å². The van der Waals surface area contributed by atoms with Crippen LogP contribution in [-0.2, 0) is 11.2 Å². The Hall–Kier alpha value is -1.35. The summed E-state index contributed by atoms with van der Waals surface area (Å²) in [5, 5.41) is 8.65. The summed E-state index contributed by atoms with van der Waals surface area (Å²) < 4.78 is 0. The fraction of sp³-hybridized carbons (Fsp3) is 0.364. The summed E-state index contributed by atoms with van der Waals surface area (Å²) in [7, 11) is 0. The average Bonchev–Trinajstić information content (AvgIpc) is 2.07. The molecule has 76 valence electrons. The van der Waals surface area contributed by atoms with Crippen LogP contribution in [0.4, 0.5) is 0 Å². The van der Waals surface area contributed by atoms with Crippen LogP contribution in [0.3, 0.4) is 0 Å². The molecule has 1 rings (SSSR count). The number of carboxylic acids is 1. The highest BCUT2D eigenvalue weighted by atomic mass is 16.4. The molecule has 0 fully saturated rings. The van der Waals surface area contributed by atoms with Crippen LogP contribution in [0.15, 0.2) is 18.2 Å². The van der Waals surface area contributed by atoms with Gasteiger partial charge in [-0.25, -0.2) is 0 Å². The molecule has 14 heavy (non-hydrogen) atoms. The third kappa shape index (κ3) is 2.57. The number of carbonyl (C=O) groups is 1. The molecule has 0 heterocycles. The van der Waals surface area contributed by atoms with Gasteiger partial charge in [0.15, 0.2) is 0 Å². The number of aryl methyl sites for hydroxylation is 1. The smallest absolute Gasteiger partial charge is 0.307 e. The molecule has 0 amide bonds. The lowest BCUT2D eigenvalue weighted by molar-refractivity contribution is -0.136. The van der Waals surface area contributed by atoms with E-state index in [0.717, 1.165) is 16.7 Å². The highest BCUT2D eigenvalue weighted by Crippen LogP contribution is 2.16. The molecule has 0 aliphatic carbocycles. The largest absolute Gasteiger partial charge is 0.481 e. The van der Waals surface area contributed by atoms with Crippen LogP contribution in [0.2, 0.25) is 0 Å². The van der Waals surface area contributed by atoms with Gasteiger partial charge in [-0.15, -0.1) is 0 Å². The first-order chi connectivity index (χ1) is 6.50. The number of rotatable bonds is 3. The summed E-state index contributed by atoms with van der Waals surface area (Å²) in [6.07, 6.45) is 0.0745. The molecule has 0 unspecified atom stereocenters. The van der Waals surface area contributed by atoms with Gasteiger partial charge in [-0.1, -0.05) is 18.2 Å². The normalized spacial score (nSPS) is 12.5. The molecule has 1 aromatic rings. The molecule has 0 spiro atoms. The molecule has 0 saturated heterocycles. The lowest BCUT2D eigenvalue weighted by Crippen LogP contribution is -2.07. The number of hydrogen-bond acceptors (Lipinski definition) is 2. The van der Waals surface area contributed by atoms with Crippen LogP contribution in [0.5, 0.6) is 0 Å². The van der Waals surface area contributed by atoms with Gasteiger partial charge in [0.2, 0.25) is 0 Å². The van der Waals surface area contributed by atoms with Crippen molar-refractivity contribution < 1.29 is 9.90 Å². The van der Waals surface area contributed by atoms with Crippen LogP contribution in [0.1, 0.15) is 29.7 Å². The van der Waals surface area contributed by atoms with E-state index in [4.69, 9.17) is 10.8 Å². The van der Waals surface area contributed by atoms with E-state index in [9.17, 15) is 4.79 Å². The summed E-state index contributed by atoms with van der Waals surface area (Å²) in [4.78, 5) is 10.5. The van der Waals surface area contributed by atoms with Crippen LogP contribution in [0, 0.1) is 6.92 Å². The first kappa shape index (κ1) is 10.7. The zero-order valence-electron chi connectivity index (χ0n) is 8.45. The monoisotopic (exact) mass is 193 g/mol. The fourth-order valence-electron chi connectivity index (χ4n) is 1.36. The molecule has 0 aromatic heterocycles. The Morgan fingerprint density at radius 2 is 2.21 bits per heavy atom. The van der Waals surface area contributed by atoms with Crippen LogP contribution < -0.4 is 5.73 Å². The Morgan fingerprint density at radius 3 is 2.64 bits per heavy atom. The zero-order chi connectivity index (χ0) is 10.7. The van der Waals surface area contributed by atoms with Gasteiger partial charge in [-0.3, -0.25) is 4.79 Å². The van der Waals surface area contributed by atoms with Crippen LogP contribution in [0.25, 0.3) is 0 Å². The third-order valence-electron chi connectivity index (χ3n) is 2.23. The second-order valence-corrected chi connectivity index (χ2v) is 3.55. The molecule has 0 saturated carbocycles. The van der Waals surface area contributed by atoms with E-state index < -0.39 is 5.97 Å². The van der Waals surface area contributed by atoms with Crippen molar-refractivity contribution in [1.29, 1.82) is 0 Å². The Morgan fingerprint density at radius 1 is 1.57 bits per heavy atom. The second-order valence-electron chi connectivity index (χ2n) is 3.55. The summed E-state index contributed by atoms with van der Waals surface area (Å²) in [6.45, 7) is 3.82. The maximum Gasteiger partial charge on any atom is 0.307 e. The van der Waals surface area contributed by atoms with Crippen molar-refractivity contribution in [3.63, 3.8) is 0 Å². The molecule has 1 aromatic carbocycles. The summed E-state index contributed by atoms with van der Waals surface area (Å²) in [5.74, 6) is -0.804. The summed E-state index contributed by atoms with van der Waals surface area (Å²) >= 11 is 0. The fourth-order valence-corrected chi connectivity index (χ4v) is 1.36. The molecule has 0 bridgehead atoms. The zero-order valence-corrected chi connectivity index (χ0v) is 8.45. The van der Waals surface area contributed by atoms with Gasteiger partial charge in [-0.05, 0) is 30.5 Å². The van der Waals surface area contributed by atoms with Gasteiger partial charge >= 0.3 is 5.97 Å². The van der Waals surface area contributed by atoms with Crippen molar-refractivity contribution in [2.24, 2.45) is 5.73 Å². The molecule has 3 heteroatoms. The Balaban J connectivity index is 2.95. The van der Waals surface area contributed by atoms with Crippen LogP contribution >= 0.6 is 0 Å². The van der Waals surface area contributed by atoms with Crippen LogP contribution in [-0.4, -0.2) is 11.1 Å².